The van der Waals surface area contributed by atoms with Crippen LogP contribution in [0.25, 0.3) is 0 Å². The van der Waals surface area contributed by atoms with Crippen LogP contribution in [0, 0.1) is 17.3 Å². The van der Waals surface area contributed by atoms with Gasteiger partial charge in [0, 0.05) is 6.54 Å². The van der Waals surface area contributed by atoms with Crippen LogP contribution in [-0.4, -0.2) is 23.5 Å². The number of nitrogens with one attached hydrogen (secondary N) is 1. The lowest BCUT2D eigenvalue weighted by molar-refractivity contribution is -0.123. The zero-order valence-corrected chi connectivity index (χ0v) is 10.7. The van der Waals surface area contributed by atoms with Crippen LogP contribution >= 0.6 is 0 Å². The molecule has 0 bridgehead atoms. The fourth-order valence-electron chi connectivity index (χ4n) is 0.893. The van der Waals surface area contributed by atoms with Gasteiger partial charge in [0.2, 0.25) is 5.91 Å². The monoisotopic (exact) mass is 229 g/mol. The summed E-state index contributed by atoms with van der Waals surface area (Å²) in [5, 5.41) is 14.1. The normalized spacial score (nSPS) is 15.0. The Kier molecular flexibility index (Phi) is 5.27. The standard InChI is InChI=1S/C11H23N3O2/c1-7(2)11(4,5)6-13-10(15)8(3)9(12)14-16/h7-8,16H,6H2,1-5H3,(H2,12,14)(H,13,15). The van der Waals surface area contributed by atoms with Gasteiger partial charge in [-0.05, 0) is 18.3 Å². The number of amidine groups is 1. The van der Waals surface area contributed by atoms with Crippen LogP contribution in [0.15, 0.2) is 5.16 Å². The molecule has 0 spiro atoms. The maximum atomic E-state index is 11.6. The quantitative estimate of drug-likeness (QED) is 0.286. The molecule has 1 atom stereocenters. The minimum Gasteiger partial charge on any atom is -0.409 e. The molecule has 1 amide bonds. The van der Waals surface area contributed by atoms with Gasteiger partial charge in [-0.25, -0.2) is 0 Å². The zero-order chi connectivity index (χ0) is 12.9. The first kappa shape index (κ1) is 14.7. The van der Waals surface area contributed by atoms with E-state index in [4.69, 9.17) is 10.9 Å². The lowest BCUT2D eigenvalue weighted by Gasteiger charge is -2.29. The van der Waals surface area contributed by atoms with E-state index >= 15 is 0 Å². The van der Waals surface area contributed by atoms with E-state index in [9.17, 15) is 4.79 Å². The van der Waals surface area contributed by atoms with Crippen molar-refractivity contribution in [3.05, 3.63) is 0 Å². The molecule has 5 nitrogen and oxygen atoms in total. The number of hydrogen-bond donors (Lipinski definition) is 3. The molecule has 0 saturated carbocycles. The molecule has 0 aliphatic carbocycles. The van der Waals surface area contributed by atoms with Crippen molar-refractivity contribution in [2.75, 3.05) is 6.54 Å². The Morgan fingerprint density at radius 1 is 1.44 bits per heavy atom. The lowest BCUT2D eigenvalue weighted by Crippen LogP contribution is -2.42. The molecule has 0 aliphatic rings. The van der Waals surface area contributed by atoms with Gasteiger partial charge in [0.15, 0.2) is 5.84 Å². The average Bonchev–Trinajstić information content (AvgIpc) is 2.23. The third-order valence-corrected chi connectivity index (χ3v) is 3.23. The molecule has 0 rings (SSSR count). The number of carbonyl (C=O) groups excluding carboxylic acids is 1. The van der Waals surface area contributed by atoms with Crippen molar-refractivity contribution in [2.45, 2.75) is 34.6 Å². The van der Waals surface area contributed by atoms with E-state index in [-0.39, 0.29) is 17.2 Å². The van der Waals surface area contributed by atoms with Gasteiger partial charge in [0.25, 0.3) is 0 Å². The van der Waals surface area contributed by atoms with Crippen LogP contribution in [0.5, 0.6) is 0 Å². The van der Waals surface area contributed by atoms with Crippen molar-refractivity contribution in [1.29, 1.82) is 0 Å². The molecule has 0 saturated heterocycles. The average molecular weight is 229 g/mol. The molecule has 0 aliphatic heterocycles. The SMILES string of the molecule is CC(C(=O)NCC(C)(C)C(C)C)C(N)=NO. The predicted molar refractivity (Wildman–Crippen MR) is 64.2 cm³/mol. The minimum absolute atomic E-state index is 0.0283. The summed E-state index contributed by atoms with van der Waals surface area (Å²) < 4.78 is 0. The number of hydrogen-bond acceptors (Lipinski definition) is 3. The van der Waals surface area contributed by atoms with Crippen LogP contribution in [0.4, 0.5) is 0 Å². The highest BCUT2D eigenvalue weighted by Crippen LogP contribution is 2.24. The molecule has 0 fully saturated rings. The summed E-state index contributed by atoms with van der Waals surface area (Å²) in [7, 11) is 0. The Labute approximate surface area is 97.1 Å². The Morgan fingerprint density at radius 2 is 1.94 bits per heavy atom. The largest absolute Gasteiger partial charge is 0.409 e. The van der Waals surface area contributed by atoms with Gasteiger partial charge in [-0.2, -0.15) is 0 Å². The minimum atomic E-state index is -0.604. The number of rotatable bonds is 5. The van der Waals surface area contributed by atoms with Crippen molar-refractivity contribution in [2.24, 2.45) is 28.1 Å². The molecule has 0 radical (unpaired) electrons. The van der Waals surface area contributed by atoms with Crippen LogP contribution < -0.4 is 11.1 Å². The second kappa shape index (κ2) is 5.72. The van der Waals surface area contributed by atoms with Crippen LogP contribution in [0.3, 0.4) is 0 Å². The maximum Gasteiger partial charge on any atom is 0.230 e. The lowest BCUT2D eigenvalue weighted by atomic mass is 9.81. The highest BCUT2D eigenvalue weighted by atomic mass is 16.4. The van der Waals surface area contributed by atoms with Gasteiger partial charge in [-0.3, -0.25) is 4.79 Å². The van der Waals surface area contributed by atoms with E-state index in [1.165, 1.54) is 0 Å². The molecule has 0 aromatic carbocycles. The van der Waals surface area contributed by atoms with Gasteiger partial charge >= 0.3 is 0 Å². The molecule has 5 heteroatoms. The molecule has 0 aromatic rings. The molecule has 16 heavy (non-hydrogen) atoms. The first-order chi connectivity index (χ1) is 7.22. The van der Waals surface area contributed by atoms with Crippen molar-refractivity contribution in [3.63, 3.8) is 0 Å². The number of oxime groups is 1. The van der Waals surface area contributed by atoms with E-state index in [2.05, 4.69) is 38.2 Å². The summed E-state index contributed by atoms with van der Waals surface area (Å²) in [6, 6.07) is 0. The summed E-state index contributed by atoms with van der Waals surface area (Å²) in [5.41, 5.74) is 5.38. The molecule has 1 unspecified atom stereocenters. The highest BCUT2D eigenvalue weighted by Gasteiger charge is 2.25. The Morgan fingerprint density at radius 3 is 2.31 bits per heavy atom. The molecule has 4 N–H and O–H groups in total. The predicted octanol–water partition coefficient (Wildman–Crippen LogP) is 1.17. The molecular formula is C11H23N3O2. The van der Waals surface area contributed by atoms with Crippen LogP contribution in [0.2, 0.25) is 0 Å². The van der Waals surface area contributed by atoms with E-state index in [1.54, 1.807) is 6.92 Å². The third-order valence-electron chi connectivity index (χ3n) is 3.23. The molecule has 0 heterocycles. The number of nitrogens with zero attached hydrogens (tertiary/aromatic N) is 1. The van der Waals surface area contributed by atoms with Crippen LogP contribution in [-0.2, 0) is 4.79 Å². The summed E-state index contributed by atoms with van der Waals surface area (Å²) in [5.74, 6) is -0.427. The Balaban J connectivity index is 4.28. The third kappa shape index (κ3) is 4.08. The van der Waals surface area contributed by atoms with Gasteiger partial charge in [0.1, 0.15) is 0 Å². The number of nitrogens with two attached hydrogens (primary N) is 1. The van der Waals surface area contributed by atoms with Crippen molar-refractivity contribution >= 4 is 11.7 Å². The summed E-state index contributed by atoms with van der Waals surface area (Å²) in [6.45, 7) is 10.6. The fraction of sp³-hybridized carbons (Fsp3) is 0.818. The summed E-state index contributed by atoms with van der Waals surface area (Å²) in [4.78, 5) is 11.6. The van der Waals surface area contributed by atoms with E-state index in [1.807, 2.05) is 0 Å². The topological polar surface area (TPSA) is 87.7 Å². The number of carbonyl (C=O) groups is 1. The number of amides is 1. The molecule has 94 valence electrons. The summed E-state index contributed by atoms with van der Waals surface area (Å²) >= 11 is 0. The first-order valence-corrected chi connectivity index (χ1v) is 5.47. The zero-order valence-electron chi connectivity index (χ0n) is 10.7. The highest BCUT2D eigenvalue weighted by molar-refractivity contribution is 6.01. The summed E-state index contributed by atoms with van der Waals surface area (Å²) in [6.07, 6.45) is 0. The molecule has 0 aromatic heterocycles. The van der Waals surface area contributed by atoms with E-state index < -0.39 is 5.92 Å². The van der Waals surface area contributed by atoms with Gasteiger partial charge in [0.05, 0.1) is 5.92 Å². The second-order valence-electron chi connectivity index (χ2n) is 5.11. The molecular weight excluding hydrogens is 206 g/mol. The van der Waals surface area contributed by atoms with Crippen molar-refractivity contribution in [3.8, 4) is 0 Å². The van der Waals surface area contributed by atoms with Crippen LogP contribution in [0.1, 0.15) is 34.6 Å². The van der Waals surface area contributed by atoms with Gasteiger partial charge in [-0.1, -0.05) is 32.9 Å². The Hall–Kier alpha value is -1.26. The van der Waals surface area contributed by atoms with E-state index in [0.717, 1.165) is 0 Å². The Bertz CT molecular complexity index is 272. The fourth-order valence-corrected chi connectivity index (χ4v) is 0.893. The van der Waals surface area contributed by atoms with Gasteiger partial charge < -0.3 is 16.3 Å². The smallest absolute Gasteiger partial charge is 0.230 e. The maximum absolute atomic E-state index is 11.6. The van der Waals surface area contributed by atoms with Crippen molar-refractivity contribution < 1.29 is 10.0 Å². The van der Waals surface area contributed by atoms with Gasteiger partial charge in [-0.15, -0.1) is 0 Å². The van der Waals surface area contributed by atoms with E-state index in [0.29, 0.717) is 12.5 Å². The second-order valence-corrected chi connectivity index (χ2v) is 5.11. The first-order valence-electron chi connectivity index (χ1n) is 5.47. The van der Waals surface area contributed by atoms with Crippen molar-refractivity contribution in [1.82, 2.24) is 5.32 Å².